The summed E-state index contributed by atoms with van der Waals surface area (Å²) in [4.78, 5) is 0. The van der Waals surface area contributed by atoms with Gasteiger partial charge in [0, 0.05) is 0 Å². The molecule has 0 aromatic heterocycles. The third-order valence-electron chi connectivity index (χ3n) is 3.84. The fraction of sp³-hybridized carbons (Fsp3) is 0.750. The van der Waals surface area contributed by atoms with Crippen LogP contribution >= 0.6 is 0 Å². The van der Waals surface area contributed by atoms with Gasteiger partial charge in [-0.25, -0.2) is 0 Å². The van der Waals surface area contributed by atoms with Gasteiger partial charge >= 0.3 is 0 Å². The van der Waals surface area contributed by atoms with Crippen LogP contribution in [0.3, 0.4) is 0 Å². The van der Waals surface area contributed by atoms with Gasteiger partial charge in [-0.1, -0.05) is 45.9 Å². The van der Waals surface area contributed by atoms with Crippen LogP contribution in [0.5, 0.6) is 0 Å². The van der Waals surface area contributed by atoms with E-state index < -0.39 is 0 Å². The molecule has 1 aliphatic rings. The van der Waals surface area contributed by atoms with Crippen LogP contribution in [0, 0.1) is 5.92 Å². The molecular weight excluding hydrogens is 208 g/mol. The highest BCUT2D eigenvalue weighted by Gasteiger charge is 2.33. The number of allylic oxidation sites excluding steroid dienone is 2. The van der Waals surface area contributed by atoms with Crippen LogP contribution in [-0.2, 0) is 4.74 Å². The Bertz CT molecular complexity index is 277. The average molecular weight is 236 g/mol. The lowest BCUT2D eigenvalue weighted by Gasteiger charge is -2.28. The maximum atomic E-state index is 6.08. The van der Waals surface area contributed by atoms with Gasteiger partial charge in [0.25, 0.3) is 0 Å². The van der Waals surface area contributed by atoms with Crippen molar-refractivity contribution in [2.45, 2.75) is 65.4 Å². The second-order valence-electron chi connectivity index (χ2n) is 5.07. The summed E-state index contributed by atoms with van der Waals surface area (Å²) in [7, 11) is 0. The second-order valence-corrected chi connectivity index (χ2v) is 5.07. The van der Waals surface area contributed by atoms with Gasteiger partial charge in [0.05, 0.1) is 12.2 Å². The molecule has 98 valence electrons. The molecule has 1 heteroatoms. The Kier molecular flexibility index (Phi) is 5.97. The van der Waals surface area contributed by atoms with E-state index in [1.807, 2.05) is 0 Å². The summed E-state index contributed by atoms with van der Waals surface area (Å²) >= 11 is 0. The van der Waals surface area contributed by atoms with Crippen molar-refractivity contribution in [3.8, 4) is 0 Å². The monoisotopic (exact) mass is 236 g/mol. The molecule has 1 nitrogen and oxygen atoms in total. The van der Waals surface area contributed by atoms with E-state index in [4.69, 9.17) is 4.74 Å². The molecule has 0 radical (unpaired) electrons. The van der Waals surface area contributed by atoms with E-state index in [9.17, 15) is 0 Å². The van der Waals surface area contributed by atoms with Crippen LogP contribution < -0.4 is 0 Å². The SMILES string of the molecule is CC/C=C/[C@H](CC)C[C@]1(CC)C=C(CC)CO1. The number of hydrogen-bond acceptors (Lipinski definition) is 1. The molecule has 0 unspecified atom stereocenters. The maximum Gasteiger partial charge on any atom is 0.0873 e. The van der Waals surface area contributed by atoms with Crippen LogP contribution in [0.25, 0.3) is 0 Å². The first kappa shape index (κ1) is 14.5. The molecule has 0 saturated heterocycles. The molecule has 0 N–H and O–H groups in total. The lowest BCUT2D eigenvalue weighted by Crippen LogP contribution is -2.28. The van der Waals surface area contributed by atoms with Gasteiger partial charge < -0.3 is 4.74 Å². The molecule has 0 saturated carbocycles. The first-order valence-corrected chi connectivity index (χ1v) is 7.20. The van der Waals surface area contributed by atoms with Crippen LogP contribution in [0.15, 0.2) is 23.8 Å². The molecule has 17 heavy (non-hydrogen) atoms. The minimum atomic E-state index is 0.0180. The molecule has 0 aromatic rings. The van der Waals surface area contributed by atoms with Crippen LogP contribution in [0.4, 0.5) is 0 Å². The number of ether oxygens (including phenoxy) is 1. The molecular formula is C16H28O. The van der Waals surface area contributed by atoms with Crippen molar-refractivity contribution in [1.29, 1.82) is 0 Å². The second kappa shape index (κ2) is 7.00. The maximum absolute atomic E-state index is 6.08. The highest BCUT2D eigenvalue weighted by molar-refractivity contribution is 5.18. The van der Waals surface area contributed by atoms with E-state index in [2.05, 4.69) is 45.9 Å². The minimum Gasteiger partial charge on any atom is -0.367 e. The fourth-order valence-corrected chi connectivity index (χ4v) is 2.48. The highest BCUT2D eigenvalue weighted by atomic mass is 16.5. The van der Waals surface area contributed by atoms with Gasteiger partial charge in [0.2, 0.25) is 0 Å². The molecule has 1 rings (SSSR count). The van der Waals surface area contributed by atoms with Crippen LogP contribution in [0.2, 0.25) is 0 Å². The Hall–Kier alpha value is -0.560. The van der Waals surface area contributed by atoms with E-state index in [1.165, 1.54) is 12.0 Å². The molecule has 1 heterocycles. The van der Waals surface area contributed by atoms with Crippen molar-refractivity contribution in [3.05, 3.63) is 23.8 Å². The summed E-state index contributed by atoms with van der Waals surface area (Å²) in [6.45, 7) is 9.77. The van der Waals surface area contributed by atoms with Crippen molar-refractivity contribution >= 4 is 0 Å². The van der Waals surface area contributed by atoms with Gasteiger partial charge in [-0.3, -0.25) is 0 Å². The van der Waals surface area contributed by atoms with Gasteiger partial charge in [-0.05, 0) is 43.6 Å². The summed E-state index contributed by atoms with van der Waals surface area (Å²) in [6.07, 6.45) is 12.8. The van der Waals surface area contributed by atoms with E-state index in [0.717, 1.165) is 32.3 Å². The summed E-state index contributed by atoms with van der Waals surface area (Å²) in [5, 5.41) is 0. The summed E-state index contributed by atoms with van der Waals surface area (Å²) in [5.41, 5.74) is 1.49. The Morgan fingerprint density at radius 2 is 2.12 bits per heavy atom. The first-order chi connectivity index (χ1) is 8.19. The van der Waals surface area contributed by atoms with Crippen molar-refractivity contribution in [2.75, 3.05) is 6.61 Å². The Balaban J connectivity index is 2.68. The first-order valence-electron chi connectivity index (χ1n) is 7.20. The topological polar surface area (TPSA) is 9.23 Å². The van der Waals surface area contributed by atoms with Gasteiger partial charge in [0.1, 0.15) is 0 Å². The largest absolute Gasteiger partial charge is 0.367 e. The molecule has 1 aliphatic heterocycles. The smallest absolute Gasteiger partial charge is 0.0873 e. The molecule has 0 fully saturated rings. The average Bonchev–Trinajstić information content (AvgIpc) is 2.78. The molecule has 0 aliphatic carbocycles. The van der Waals surface area contributed by atoms with E-state index in [1.54, 1.807) is 0 Å². The Morgan fingerprint density at radius 1 is 1.35 bits per heavy atom. The van der Waals surface area contributed by atoms with E-state index in [0.29, 0.717) is 5.92 Å². The predicted molar refractivity (Wildman–Crippen MR) is 75.2 cm³/mol. The van der Waals surface area contributed by atoms with Gasteiger partial charge in [-0.15, -0.1) is 0 Å². The zero-order valence-electron chi connectivity index (χ0n) is 12.0. The quantitative estimate of drug-likeness (QED) is 0.572. The standard InChI is InChI=1S/C16H28O/c1-5-9-10-14(6-2)11-16(8-4)12-15(7-3)13-17-16/h9-10,12,14H,5-8,11,13H2,1-4H3/b10-9+/t14-,16+/m0/s1. The van der Waals surface area contributed by atoms with Crippen molar-refractivity contribution in [3.63, 3.8) is 0 Å². The molecule has 0 bridgehead atoms. The lowest BCUT2D eigenvalue weighted by atomic mass is 9.86. The molecule has 2 atom stereocenters. The van der Waals surface area contributed by atoms with Crippen LogP contribution in [-0.4, -0.2) is 12.2 Å². The lowest BCUT2D eigenvalue weighted by molar-refractivity contribution is 0.00589. The van der Waals surface area contributed by atoms with Gasteiger partial charge in [0.15, 0.2) is 0 Å². The van der Waals surface area contributed by atoms with Crippen LogP contribution in [0.1, 0.15) is 59.8 Å². The minimum absolute atomic E-state index is 0.0180. The van der Waals surface area contributed by atoms with E-state index >= 15 is 0 Å². The summed E-state index contributed by atoms with van der Waals surface area (Å²) in [5.74, 6) is 0.655. The molecule has 0 spiro atoms. The highest BCUT2D eigenvalue weighted by Crippen LogP contribution is 2.35. The normalized spacial score (nSPS) is 26.5. The predicted octanol–water partition coefficient (Wildman–Crippen LogP) is 4.88. The van der Waals surface area contributed by atoms with Crippen molar-refractivity contribution in [1.82, 2.24) is 0 Å². The van der Waals surface area contributed by atoms with Crippen molar-refractivity contribution < 1.29 is 4.74 Å². The zero-order valence-corrected chi connectivity index (χ0v) is 12.0. The number of hydrogen-bond donors (Lipinski definition) is 0. The van der Waals surface area contributed by atoms with Crippen molar-refractivity contribution in [2.24, 2.45) is 5.92 Å². The fourth-order valence-electron chi connectivity index (χ4n) is 2.48. The molecule has 0 aromatic carbocycles. The zero-order chi connectivity index (χ0) is 12.7. The van der Waals surface area contributed by atoms with E-state index in [-0.39, 0.29) is 5.60 Å². The van der Waals surface area contributed by atoms with Gasteiger partial charge in [-0.2, -0.15) is 0 Å². The Labute approximate surface area is 107 Å². The third kappa shape index (κ3) is 3.99. The molecule has 0 amide bonds. The summed E-state index contributed by atoms with van der Waals surface area (Å²) in [6, 6.07) is 0. The Morgan fingerprint density at radius 3 is 2.59 bits per heavy atom. The third-order valence-corrected chi connectivity index (χ3v) is 3.84. The summed E-state index contributed by atoms with van der Waals surface area (Å²) < 4.78 is 6.08. The number of rotatable bonds is 7.